The average molecular weight is 534 g/mol. The minimum atomic E-state index is -1.19. The molecule has 8 heteroatoms. The molecule has 0 atom stereocenters. The number of aryl methyl sites for hydroxylation is 1. The highest BCUT2D eigenvalue weighted by Crippen LogP contribution is 2.33. The summed E-state index contributed by atoms with van der Waals surface area (Å²) in [6.45, 7) is 13.1. The highest BCUT2D eigenvalue weighted by atomic mass is 79.9. The Morgan fingerprint density at radius 3 is 2.48 bits per heavy atom. The smallest absolute Gasteiger partial charge is 0.330 e. The highest BCUT2D eigenvalue weighted by molar-refractivity contribution is 9.10. The topological polar surface area (TPSA) is 54.6 Å². The van der Waals surface area contributed by atoms with Crippen LogP contribution in [-0.4, -0.2) is 37.0 Å². The van der Waals surface area contributed by atoms with Crippen molar-refractivity contribution in [2.24, 2.45) is 7.05 Å². The second-order valence-electron chi connectivity index (χ2n) is 9.38. The second-order valence-corrected chi connectivity index (χ2v) is 15.9. The number of benzene rings is 2. The van der Waals surface area contributed by atoms with Gasteiger partial charge in [-0.25, -0.2) is 4.79 Å². The third-order valence-electron chi connectivity index (χ3n) is 5.26. The number of imidazole rings is 1. The molecule has 0 aliphatic heterocycles. The van der Waals surface area contributed by atoms with E-state index in [-0.39, 0.29) is 12.4 Å². The lowest BCUT2D eigenvalue weighted by atomic mass is 10.2. The van der Waals surface area contributed by atoms with Gasteiger partial charge in [0.15, 0.2) is 5.75 Å². The summed E-state index contributed by atoms with van der Waals surface area (Å²) in [5, 5.41) is 0. The average Bonchev–Trinajstić information content (AvgIpc) is 3.01. The van der Waals surface area contributed by atoms with Crippen molar-refractivity contribution in [2.45, 2.75) is 39.0 Å². The van der Waals surface area contributed by atoms with Crippen molar-refractivity contribution in [1.82, 2.24) is 9.13 Å². The van der Waals surface area contributed by atoms with Crippen LogP contribution in [0.2, 0.25) is 25.7 Å². The van der Waals surface area contributed by atoms with Crippen molar-refractivity contribution >= 4 is 35.0 Å². The zero-order valence-corrected chi connectivity index (χ0v) is 22.5. The Balaban J connectivity index is 1.66. The van der Waals surface area contributed by atoms with Crippen LogP contribution in [0.15, 0.2) is 63.9 Å². The zero-order valence-electron chi connectivity index (χ0n) is 19.9. The van der Waals surface area contributed by atoms with Crippen LogP contribution in [0.25, 0.3) is 11.0 Å². The summed E-state index contributed by atoms with van der Waals surface area (Å²) in [4.78, 5) is 12.9. The molecule has 0 saturated heterocycles. The van der Waals surface area contributed by atoms with E-state index in [1.54, 1.807) is 16.2 Å². The quantitative estimate of drug-likeness (QED) is 0.174. The number of rotatable bonds is 12. The van der Waals surface area contributed by atoms with E-state index < -0.39 is 8.07 Å². The van der Waals surface area contributed by atoms with E-state index in [0.717, 1.165) is 32.7 Å². The SMILES string of the molecule is C=C(COCc1ccccc1)COc1c(Br)ccc2c1n(C)c(=O)n2COCC[Si](C)(C)C. The molecule has 3 rings (SSSR count). The van der Waals surface area contributed by atoms with Crippen LogP contribution in [0, 0.1) is 0 Å². The molecular formula is C25H33BrN2O4Si. The fourth-order valence-electron chi connectivity index (χ4n) is 3.36. The lowest BCUT2D eigenvalue weighted by Gasteiger charge is -2.15. The molecule has 0 aliphatic carbocycles. The number of halogens is 1. The van der Waals surface area contributed by atoms with Gasteiger partial charge in [0.05, 0.1) is 23.2 Å². The fraction of sp³-hybridized carbons (Fsp3) is 0.400. The molecule has 0 unspecified atom stereocenters. The van der Waals surface area contributed by atoms with Gasteiger partial charge in [-0.05, 0) is 45.2 Å². The number of hydrogen-bond donors (Lipinski definition) is 0. The largest absolute Gasteiger partial charge is 0.486 e. The maximum absolute atomic E-state index is 12.9. The molecule has 2 aromatic carbocycles. The molecule has 3 aromatic rings. The normalized spacial score (nSPS) is 11.8. The number of ether oxygens (including phenoxy) is 3. The maximum Gasteiger partial charge on any atom is 0.330 e. The van der Waals surface area contributed by atoms with E-state index in [9.17, 15) is 4.79 Å². The summed E-state index contributed by atoms with van der Waals surface area (Å²) in [6.07, 6.45) is 0. The van der Waals surface area contributed by atoms with E-state index in [1.165, 1.54) is 0 Å². The Morgan fingerprint density at radius 1 is 1.06 bits per heavy atom. The van der Waals surface area contributed by atoms with E-state index in [2.05, 4.69) is 42.1 Å². The van der Waals surface area contributed by atoms with Crippen LogP contribution >= 0.6 is 15.9 Å². The minimum Gasteiger partial charge on any atom is -0.486 e. The van der Waals surface area contributed by atoms with Crippen LogP contribution in [0.5, 0.6) is 5.75 Å². The van der Waals surface area contributed by atoms with Gasteiger partial charge in [0.1, 0.15) is 18.9 Å². The van der Waals surface area contributed by atoms with Crippen LogP contribution < -0.4 is 10.4 Å². The Hall–Kier alpha value is -2.13. The molecule has 1 heterocycles. The predicted molar refractivity (Wildman–Crippen MR) is 140 cm³/mol. The van der Waals surface area contributed by atoms with Crippen molar-refractivity contribution in [3.05, 3.63) is 75.1 Å². The molecule has 178 valence electrons. The van der Waals surface area contributed by atoms with Crippen molar-refractivity contribution in [3.8, 4) is 5.75 Å². The van der Waals surface area contributed by atoms with Gasteiger partial charge in [-0.15, -0.1) is 0 Å². The van der Waals surface area contributed by atoms with Gasteiger partial charge in [0, 0.05) is 21.7 Å². The summed E-state index contributed by atoms with van der Waals surface area (Å²) in [5.41, 5.74) is 3.29. The molecule has 0 spiro atoms. The maximum atomic E-state index is 12.9. The van der Waals surface area contributed by atoms with E-state index in [0.29, 0.717) is 32.2 Å². The van der Waals surface area contributed by atoms with Crippen molar-refractivity contribution < 1.29 is 14.2 Å². The molecule has 0 saturated carbocycles. The second kappa shape index (κ2) is 11.3. The molecule has 1 aromatic heterocycles. The van der Waals surface area contributed by atoms with Gasteiger partial charge < -0.3 is 14.2 Å². The van der Waals surface area contributed by atoms with E-state index in [4.69, 9.17) is 14.2 Å². The van der Waals surface area contributed by atoms with Crippen molar-refractivity contribution in [3.63, 3.8) is 0 Å². The summed E-state index contributed by atoms with van der Waals surface area (Å²) in [5.74, 6) is 0.608. The van der Waals surface area contributed by atoms with E-state index >= 15 is 0 Å². The molecule has 0 N–H and O–H groups in total. The molecule has 0 bridgehead atoms. The van der Waals surface area contributed by atoms with Crippen molar-refractivity contribution in [1.29, 1.82) is 0 Å². The molecule has 6 nitrogen and oxygen atoms in total. The Bertz CT molecular complexity index is 1150. The first kappa shape index (κ1) is 25.5. The Morgan fingerprint density at radius 2 is 1.79 bits per heavy atom. The van der Waals surface area contributed by atoms with Gasteiger partial charge in [0.25, 0.3) is 0 Å². The summed E-state index contributed by atoms with van der Waals surface area (Å²) in [7, 11) is 0.563. The van der Waals surface area contributed by atoms with Gasteiger partial charge in [-0.1, -0.05) is 56.6 Å². The molecule has 0 aliphatic rings. The van der Waals surface area contributed by atoms with Crippen LogP contribution in [0.1, 0.15) is 5.56 Å². The molecule has 0 radical (unpaired) electrons. The fourth-order valence-corrected chi connectivity index (χ4v) is 4.55. The lowest BCUT2D eigenvalue weighted by molar-refractivity contribution is 0.0873. The predicted octanol–water partition coefficient (Wildman–Crippen LogP) is 5.57. The first-order valence-electron chi connectivity index (χ1n) is 11.0. The third-order valence-corrected chi connectivity index (χ3v) is 7.59. The van der Waals surface area contributed by atoms with Crippen LogP contribution in [0.3, 0.4) is 0 Å². The number of fused-ring (bicyclic) bond motifs is 1. The van der Waals surface area contributed by atoms with Crippen LogP contribution in [-0.2, 0) is 29.9 Å². The minimum absolute atomic E-state index is 0.133. The number of nitrogens with zero attached hydrogens (tertiary/aromatic N) is 2. The zero-order chi connectivity index (χ0) is 24.0. The molecule has 0 amide bonds. The van der Waals surface area contributed by atoms with E-state index in [1.807, 2.05) is 42.5 Å². The highest BCUT2D eigenvalue weighted by Gasteiger charge is 2.18. The third kappa shape index (κ3) is 6.93. The lowest BCUT2D eigenvalue weighted by Crippen LogP contribution is -2.25. The van der Waals surface area contributed by atoms with Gasteiger partial charge in [-0.2, -0.15) is 0 Å². The molecule has 0 fully saturated rings. The summed E-state index contributed by atoms with van der Waals surface area (Å²) >= 11 is 3.57. The molecular weight excluding hydrogens is 500 g/mol. The first-order chi connectivity index (χ1) is 15.7. The van der Waals surface area contributed by atoms with Gasteiger partial charge >= 0.3 is 5.69 Å². The first-order valence-corrected chi connectivity index (χ1v) is 15.5. The summed E-state index contributed by atoms with van der Waals surface area (Å²) in [6, 6.07) is 14.9. The van der Waals surface area contributed by atoms with Crippen LogP contribution in [0.4, 0.5) is 0 Å². The molecule has 33 heavy (non-hydrogen) atoms. The van der Waals surface area contributed by atoms with Gasteiger partial charge in [0.2, 0.25) is 0 Å². The monoisotopic (exact) mass is 532 g/mol. The Kier molecular flexibility index (Phi) is 8.75. The summed E-state index contributed by atoms with van der Waals surface area (Å²) < 4.78 is 21.7. The Labute approximate surface area is 204 Å². The standard InChI is InChI=1S/C25H33BrN2O4Si/c1-19(15-31-17-20-9-7-6-8-10-20)16-32-24-21(26)11-12-22-23(24)27(2)25(29)28(22)18-30-13-14-33(3,4)5/h6-12H,1,13-18H2,2-5H3. The number of aromatic nitrogens is 2. The van der Waals surface area contributed by atoms with Gasteiger partial charge in [-0.3, -0.25) is 9.13 Å². The van der Waals surface area contributed by atoms with Crippen molar-refractivity contribution in [2.75, 3.05) is 19.8 Å². The number of hydrogen-bond acceptors (Lipinski definition) is 4.